The van der Waals surface area contributed by atoms with Gasteiger partial charge in [-0.15, -0.1) is 0 Å². The summed E-state index contributed by atoms with van der Waals surface area (Å²) in [6.07, 6.45) is 1.52. The summed E-state index contributed by atoms with van der Waals surface area (Å²) in [5.74, 6) is 0.211. The molecule has 0 radical (unpaired) electrons. The number of halogens is 2. The van der Waals surface area contributed by atoms with E-state index in [2.05, 4.69) is 25.2 Å². The van der Waals surface area contributed by atoms with E-state index in [4.69, 9.17) is 0 Å². The van der Waals surface area contributed by atoms with Crippen molar-refractivity contribution in [1.82, 2.24) is 25.2 Å². The predicted molar refractivity (Wildman–Crippen MR) is 131 cm³/mol. The highest BCUT2D eigenvalue weighted by molar-refractivity contribution is 5.92. The van der Waals surface area contributed by atoms with E-state index in [-0.39, 0.29) is 29.7 Å². The average Bonchev–Trinajstić information content (AvgIpc) is 3.29. The number of hydrogen-bond acceptors (Lipinski definition) is 4. The molecule has 180 valence electrons. The fourth-order valence-electron chi connectivity index (χ4n) is 4.52. The number of benzene rings is 2. The molecule has 0 unspecified atom stereocenters. The van der Waals surface area contributed by atoms with E-state index in [1.165, 1.54) is 30.6 Å². The minimum Gasteiger partial charge on any atom is -0.352 e. The van der Waals surface area contributed by atoms with Gasteiger partial charge in [-0.25, -0.2) is 23.5 Å². The lowest BCUT2D eigenvalue weighted by Crippen LogP contribution is -2.57. The van der Waals surface area contributed by atoms with Gasteiger partial charge < -0.3 is 20.1 Å². The third-order valence-corrected chi connectivity index (χ3v) is 6.46. The standard InChI is InChI=1S/C26H26F2N6O/c1-16-14-33(11-12-34(16)26(35)31-17(2)18-3-7-20(27)8-4-18)25-22-13-23(32-24(22)29-15-30-25)19-5-9-21(28)10-6-19/h3-10,13,15-17H,11-12,14H2,1-2H3,(H,31,35)(H,29,30,32)/t16-,17-/m1/s1. The number of nitrogens with one attached hydrogen (secondary N) is 2. The van der Waals surface area contributed by atoms with Crippen LogP contribution in [0.3, 0.4) is 0 Å². The van der Waals surface area contributed by atoms with Crippen LogP contribution in [0.5, 0.6) is 0 Å². The molecule has 2 N–H and O–H groups in total. The number of hydrogen-bond donors (Lipinski definition) is 2. The smallest absolute Gasteiger partial charge is 0.318 e. The van der Waals surface area contributed by atoms with Crippen LogP contribution in [-0.2, 0) is 0 Å². The van der Waals surface area contributed by atoms with Crippen molar-refractivity contribution in [2.45, 2.75) is 25.9 Å². The molecular formula is C26H26F2N6O. The van der Waals surface area contributed by atoms with E-state index in [0.717, 1.165) is 28.0 Å². The zero-order chi connectivity index (χ0) is 24.5. The first-order chi connectivity index (χ1) is 16.9. The Hall–Kier alpha value is -4.01. The van der Waals surface area contributed by atoms with Crippen molar-refractivity contribution in [2.75, 3.05) is 24.5 Å². The average molecular weight is 477 g/mol. The Morgan fingerprint density at radius 3 is 2.43 bits per heavy atom. The van der Waals surface area contributed by atoms with Crippen molar-refractivity contribution in [3.05, 3.63) is 78.1 Å². The largest absolute Gasteiger partial charge is 0.352 e. The molecule has 0 spiro atoms. The first-order valence-corrected chi connectivity index (χ1v) is 11.6. The fourth-order valence-corrected chi connectivity index (χ4v) is 4.52. The van der Waals surface area contributed by atoms with Crippen LogP contribution in [0.1, 0.15) is 25.5 Å². The molecule has 0 saturated carbocycles. The van der Waals surface area contributed by atoms with Crippen LogP contribution in [-0.4, -0.2) is 51.6 Å². The molecule has 1 fully saturated rings. The Bertz CT molecular complexity index is 1340. The van der Waals surface area contributed by atoms with Gasteiger partial charge in [0.25, 0.3) is 0 Å². The summed E-state index contributed by atoms with van der Waals surface area (Å²) >= 11 is 0. The number of carbonyl (C=O) groups is 1. The van der Waals surface area contributed by atoms with E-state index in [1.54, 1.807) is 24.3 Å². The maximum atomic E-state index is 13.3. The lowest BCUT2D eigenvalue weighted by atomic mass is 10.1. The Labute approximate surface area is 201 Å². The predicted octanol–water partition coefficient (Wildman–Crippen LogP) is 4.88. The number of H-pyrrole nitrogens is 1. The molecule has 2 atom stereocenters. The van der Waals surface area contributed by atoms with Crippen molar-refractivity contribution < 1.29 is 13.6 Å². The molecule has 1 saturated heterocycles. The molecule has 2 aromatic heterocycles. The van der Waals surface area contributed by atoms with Crippen molar-refractivity contribution in [1.29, 1.82) is 0 Å². The van der Waals surface area contributed by atoms with Crippen LogP contribution in [0.15, 0.2) is 60.9 Å². The second kappa shape index (κ2) is 9.32. The molecule has 9 heteroatoms. The third kappa shape index (κ3) is 4.66. The number of fused-ring (bicyclic) bond motifs is 1. The number of anilines is 1. The molecule has 0 aliphatic carbocycles. The van der Waals surface area contributed by atoms with Gasteiger partial charge in [0.05, 0.1) is 11.4 Å². The molecule has 4 aromatic rings. The van der Waals surface area contributed by atoms with E-state index in [1.807, 2.05) is 24.8 Å². The number of carbonyl (C=O) groups excluding carboxylic acids is 1. The number of amides is 2. The van der Waals surface area contributed by atoms with Gasteiger partial charge in [0, 0.05) is 31.4 Å². The zero-order valence-electron chi connectivity index (χ0n) is 19.5. The molecule has 3 heterocycles. The number of nitrogens with zero attached hydrogens (tertiary/aromatic N) is 4. The summed E-state index contributed by atoms with van der Waals surface area (Å²) in [4.78, 5) is 29.1. The number of rotatable bonds is 4. The molecule has 1 aliphatic heterocycles. The summed E-state index contributed by atoms with van der Waals surface area (Å²) in [5, 5.41) is 3.89. The Morgan fingerprint density at radius 2 is 1.74 bits per heavy atom. The van der Waals surface area contributed by atoms with E-state index in [0.29, 0.717) is 25.3 Å². The number of aromatic nitrogens is 3. The zero-order valence-corrected chi connectivity index (χ0v) is 19.5. The van der Waals surface area contributed by atoms with Gasteiger partial charge >= 0.3 is 6.03 Å². The molecular weight excluding hydrogens is 450 g/mol. The number of piperazine rings is 1. The Morgan fingerprint density at radius 1 is 1.06 bits per heavy atom. The van der Waals surface area contributed by atoms with E-state index >= 15 is 0 Å². The Kier molecular flexibility index (Phi) is 6.07. The topological polar surface area (TPSA) is 77.2 Å². The summed E-state index contributed by atoms with van der Waals surface area (Å²) < 4.78 is 26.5. The molecule has 35 heavy (non-hydrogen) atoms. The van der Waals surface area contributed by atoms with Gasteiger partial charge in [-0.2, -0.15) is 0 Å². The van der Waals surface area contributed by atoms with Gasteiger partial charge in [-0.05, 0) is 67.4 Å². The second-order valence-electron chi connectivity index (χ2n) is 8.86. The highest BCUT2D eigenvalue weighted by Gasteiger charge is 2.30. The number of urea groups is 1. The van der Waals surface area contributed by atoms with Gasteiger partial charge in [0.15, 0.2) is 0 Å². The van der Waals surface area contributed by atoms with Crippen molar-refractivity contribution in [3.8, 4) is 11.3 Å². The first-order valence-electron chi connectivity index (χ1n) is 11.6. The minimum atomic E-state index is -0.303. The maximum Gasteiger partial charge on any atom is 0.318 e. The van der Waals surface area contributed by atoms with Crippen LogP contribution in [0, 0.1) is 11.6 Å². The lowest BCUT2D eigenvalue weighted by molar-refractivity contribution is 0.168. The first kappa shape index (κ1) is 22.8. The molecule has 0 bridgehead atoms. The maximum absolute atomic E-state index is 13.3. The van der Waals surface area contributed by atoms with E-state index in [9.17, 15) is 13.6 Å². The Balaban J connectivity index is 1.30. The third-order valence-electron chi connectivity index (χ3n) is 6.46. The van der Waals surface area contributed by atoms with Crippen LogP contribution >= 0.6 is 0 Å². The van der Waals surface area contributed by atoms with Crippen LogP contribution in [0.4, 0.5) is 19.4 Å². The summed E-state index contributed by atoms with van der Waals surface area (Å²) in [6, 6.07) is 14.0. The lowest BCUT2D eigenvalue weighted by Gasteiger charge is -2.40. The van der Waals surface area contributed by atoms with E-state index < -0.39 is 0 Å². The molecule has 2 aromatic carbocycles. The molecule has 2 amide bonds. The van der Waals surface area contributed by atoms with Gasteiger partial charge in [-0.3, -0.25) is 0 Å². The van der Waals surface area contributed by atoms with Gasteiger partial charge in [0.2, 0.25) is 0 Å². The molecule has 7 nitrogen and oxygen atoms in total. The van der Waals surface area contributed by atoms with Crippen molar-refractivity contribution in [2.24, 2.45) is 0 Å². The van der Waals surface area contributed by atoms with Gasteiger partial charge in [0.1, 0.15) is 29.4 Å². The monoisotopic (exact) mass is 476 g/mol. The van der Waals surface area contributed by atoms with Crippen LogP contribution in [0.2, 0.25) is 0 Å². The normalized spacial score (nSPS) is 17.0. The van der Waals surface area contributed by atoms with Crippen LogP contribution in [0.25, 0.3) is 22.3 Å². The molecule has 1 aliphatic rings. The minimum absolute atomic E-state index is 0.0512. The van der Waals surface area contributed by atoms with Crippen LogP contribution < -0.4 is 10.2 Å². The van der Waals surface area contributed by atoms with Crippen molar-refractivity contribution >= 4 is 22.9 Å². The fraction of sp³-hybridized carbons (Fsp3) is 0.269. The number of aromatic amines is 1. The summed E-state index contributed by atoms with van der Waals surface area (Å²) in [5.41, 5.74) is 3.25. The highest BCUT2D eigenvalue weighted by atomic mass is 19.1. The summed E-state index contributed by atoms with van der Waals surface area (Å²) in [6.45, 7) is 5.65. The quantitative estimate of drug-likeness (QED) is 0.440. The SMILES string of the molecule is C[C@@H]1CN(c2ncnc3[nH]c(-c4ccc(F)cc4)cc23)CCN1C(=O)N[C@H](C)c1ccc(F)cc1. The summed E-state index contributed by atoms with van der Waals surface area (Å²) in [7, 11) is 0. The van der Waals surface area contributed by atoms with Gasteiger partial charge in [-0.1, -0.05) is 12.1 Å². The highest BCUT2D eigenvalue weighted by Crippen LogP contribution is 2.30. The second-order valence-corrected chi connectivity index (χ2v) is 8.86. The molecule has 5 rings (SSSR count). The van der Waals surface area contributed by atoms with Crippen molar-refractivity contribution in [3.63, 3.8) is 0 Å².